The molecule has 1 heterocycles. The van der Waals surface area contributed by atoms with E-state index in [-0.39, 0.29) is 7.43 Å². The van der Waals surface area contributed by atoms with Crippen LogP contribution < -0.4 is 0 Å². The molecular formula is C13H29N. The summed E-state index contributed by atoms with van der Waals surface area (Å²) in [4.78, 5) is 2.63. The van der Waals surface area contributed by atoms with Crippen molar-refractivity contribution in [2.45, 2.75) is 48.0 Å². The lowest BCUT2D eigenvalue weighted by atomic mass is 9.86. The third-order valence-corrected chi connectivity index (χ3v) is 3.20. The molecule has 1 saturated heterocycles. The molecule has 0 aromatic carbocycles. The molecule has 0 amide bonds. The summed E-state index contributed by atoms with van der Waals surface area (Å²) in [6.07, 6.45) is 2.84. The van der Waals surface area contributed by atoms with Crippen LogP contribution in [0.25, 0.3) is 0 Å². The lowest BCUT2D eigenvalue weighted by Crippen LogP contribution is -2.37. The topological polar surface area (TPSA) is 3.24 Å². The molecule has 0 bridgehead atoms. The van der Waals surface area contributed by atoms with Crippen molar-refractivity contribution in [2.24, 2.45) is 17.8 Å². The summed E-state index contributed by atoms with van der Waals surface area (Å²) in [6.45, 7) is 13.3. The smallest absolute Gasteiger partial charge is 0.000439 e. The number of likely N-dealkylation sites (tertiary alicyclic amines) is 1. The molecule has 1 fully saturated rings. The van der Waals surface area contributed by atoms with E-state index in [1.165, 1.54) is 32.5 Å². The first kappa shape index (κ1) is 14.0. The van der Waals surface area contributed by atoms with Crippen molar-refractivity contribution in [3.8, 4) is 0 Å². The molecule has 1 rings (SSSR count). The number of rotatable bonds is 3. The maximum atomic E-state index is 2.63. The molecular weight excluding hydrogens is 170 g/mol. The maximum absolute atomic E-state index is 2.63. The second-order valence-electron chi connectivity index (χ2n) is 5.28. The Kier molecular flexibility index (Phi) is 6.43. The van der Waals surface area contributed by atoms with Gasteiger partial charge in [-0.2, -0.15) is 0 Å². The quantitative estimate of drug-likeness (QED) is 0.670. The van der Waals surface area contributed by atoms with Gasteiger partial charge in [0.15, 0.2) is 0 Å². The van der Waals surface area contributed by atoms with Gasteiger partial charge in [0.25, 0.3) is 0 Å². The number of nitrogens with zero attached hydrogens (tertiary/aromatic N) is 1. The van der Waals surface area contributed by atoms with Crippen LogP contribution in [0.4, 0.5) is 0 Å². The average Bonchev–Trinajstić information content (AvgIpc) is 2.04. The number of piperidine rings is 1. The SMILES string of the molecule is C.CC(C)CN1CCC(C(C)C)CC1. The van der Waals surface area contributed by atoms with Crippen LogP contribution in [-0.4, -0.2) is 24.5 Å². The molecule has 0 N–H and O–H groups in total. The van der Waals surface area contributed by atoms with E-state index in [9.17, 15) is 0 Å². The molecule has 0 aliphatic carbocycles. The van der Waals surface area contributed by atoms with Crippen molar-refractivity contribution < 1.29 is 0 Å². The lowest BCUT2D eigenvalue weighted by molar-refractivity contribution is 0.145. The summed E-state index contributed by atoms with van der Waals surface area (Å²) in [6, 6.07) is 0. The minimum Gasteiger partial charge on any atom is -0.303 e. The summed E-state index contributed by atoms with van der Waals surface area (Å²) < 4.78 is 0. The van der Waals surface area contributed by atoms with Crippen molar-refractivity contribution in [3.63, 3.8) is 0 Å². The number of hydrogen-bond donors (Lipinski definition) is 0. The largest absolute Gasteiger partial charge is 0.303 e. The van der Waals surface area contributed by atoms with Gasteiger partial charge in [0.1, 0.15) is 0 Å². The predicted molar refractivity (Wildman–Crippen MR) is 65.6 cm³/mol. The van der Waals surface area contributed by atoms with E-state index in [1.54, 1.807) is 0 Å². The fourth-order valence-corrected chi connectivity index (χ4v) is 2.32. The van der Waals surface area contributed by atoms with Crippen molar-refractivity contribution in [1.29, 1.82) is 0 Å². The molecule has 0 atom stereocenters. The summed E-state index contributed by atoms with van der Waals surface area (Å²) in [5.74, 6) is 2.71. The van der Waals surface area contributed by atoms with Crippen LogP contribution in [0.2, 0.25) is 0 Å². The van der Waals surface area contributed by atoms with Gasteiger partial charge in [-0.05, 0) is 43.7 Å². The zero-order valence-corrected chi connectivity index (χ0v) is 9.71. The van der Waals surface area contributed by atoms with Gasteiger partial charge in [0.2, 0.25) is 0 Å². The van der Waals surface area contributed by atoms with Crippen LogP contribution in [0.3, 0.4) is 0 Å². The highest BCUT2D eigenvalue weighted by molar-refractivity contribution is 4.74. The fraction of sp³-hybridized carbons (Fsp3) is 1.00. The third-order valence-electron chi connectivity index (χ3n) is 3.20. The highest BCUT2D eigenvalue weighted by Gasteiger charge is 2.21. The van der Waals surface area contributed by atoms with E-state index in [2.05, 4.69) is 32.6 Å². The summed E-state index contributed by atoms with van der Waals surface area (Å²) in [5.41, 5.74) is 0. The van der Waals surface area contributed by atoms with Gasteiger partial charge < -0.3 is 4.90 Å². The Bertz CT molecular complexity index is 132. The van der Waals surface area contributed by atoms with Gasteiger partial charge in [0.05, 0.1) is 0 Å². The van der Waals surface area contributed by atoms with Crippen LogP contribution in [0, 0.1) is 17.8 Å². The average molecular weight is 199 g/mol. The van der Waals surface area contributed by atoms with Gasteiger partial charge in [-0.25, -0.2) is 0 Å². The summed E-state index contributed by atoms with van der Waals surface area (Å²) in [7, 11) is 0. The molecule has 1 aliphatic heterocycles. The van der Waals surface area contributed by atoms with Crippen molar-refractivity contribution >= 4 is 0 Å². The van der Waals surface area contributed by atoms with Gasteiger partial charge in [-0.1, -0.05) is 35.1 Å². The molecule has 14 heavy (non-hydrogen) atoms. The van der Waals surface area contributed by atoms with Gasteiger partial charge >= 0.3 is 0 Å². The highest BCUT2D eigenvalue weighted by atomic mass is 15.1. The van der Waals surface area contributed by atoms with E-state index in [0.717, 1.165) is 17.8 Å². The highest BCUT2D eigenvalue weighted by Crippen LogP contribution is 2.24. The van der Waals surface area contributed by atoms with Gasteiger partial charge in [-0.3, -0.25) is 0 Å². The monoisotopic (exact) mass is 199 g/mol. The first-order valence-corrected chi connectivity index (χ1v) is 5.82. The standard InChI is InChI=1S/C12H25N.CH4/c1-10(2)9-13-7-5-12(6-8-13)11(3)4;/h10-12H,5-9H2,1-4H3;1H4. The summed E-state index contributed by atoms with van der Waals surface area (Å²) >= 11 is 0. The Balaban J connectivity index is 0.00000169. The van der Waals surface area contributed by atoms with Crippen molar-refractivity contribution in [1.82, 2.24) is 4.90 Å². The van der Waals surface area contributed by atoms with E-state index in [0.29, 0.717) is 0 Å². The van der Waals surface area contributed by atoms with E-state index < -0.39 is 0 Å². The molecule has 0 aromatic rings. The lowest BCUT2D eigenvalue weighted by Gasteiger charge is -2.34. The first-order chi connectivity index (χ1) is 6.09. The minimum absolute atomic E-state index is 0. The Morgan fingerprint density at radius 2 is 1.57 bits per heavy atom. The zero-order chi connectivity index (χ0) is 9.84. The van der Waals surface area contributed by atoms with E-state index in [1.807, 2.05) is 0 Å². The molecule has 1 nitrogen and oxygen atoms in total. The Morgan fingerprint density at radius 3 is 1.93 bits per heavy atom. The van der Waals surface area contributed by atoms with Crippen molar-refractivity contribution in [3.05, 3.63) is 0 Å². The molecule has 0 aromatic heterocycles. The molecule has 86 valence electrons. The van der Waals surface area contributed by atoms with Gasteiger partial charge in [-0.15, -0.1) is 0 Å². The van der Waals surface area contributed by atoms with E-state index in [4.69, 9.17) is 0 Å². The van der Waals surface area contributed by atoms with Crippen LogP contribution in [0.1, 0.15) is 48.0 Å². The summed E-state index contributed by atoms with van der Waals surface area (Å²) in [5, 5.41) is 0. The predicted octanol–water partition coefficient (Wildman–Crippen LogP) is 3.65. The molecule has 1 aliphatic rings. The van der Waals surface area contributed by atoms with Crippen LogP contribution in [0.15, 0.2) is 0 Å². The fourth-order valence-electron chi connectivity index (χ4n) is 2.32. The second-order valence-corrected chi connectivity index (χ2v) is 5.28. The van der Waals surface area contributed by atoms with Gasteiger partial charge in [0, 0.05) is 6.54 Å². The molecule has 0 radical (unpaired) electrons. The Labute approximate surface area is 90.9 Å². The first-order valence-electron chi connectivity index (χ1n) is 5.82. The van der Waals surface area contributed by atoms with Crippen LogP contribution in [0.5, 0.6) is 0 Å². The van der Waals surface area contributed by atoms with Crippen LogP contribution >= 0.6 is 0 Å². The zero-order valence-electron chi connectivity index (χ0n) is 9.71. The maximum Gasteiger partial charge on any atom is 0.000439 e. The molecule has 0 unspecified atom stereocenters. The van der Waals surface area contributed by atoms with E-state index >= 15 is 0 Å². The molecule has 0 saturated carbocycles. The molecule has 1 heteroatoms. The second kappa shape index (κ2) is 6.44. The normalized spacial score (nSPS) is 20.1. The van der Waals surface area contributed by atoms with Crippen LogP contribution in [-0.2, 0) is 0 Å². The Hall–Kier alpha value is -0.0400. The minimum atomic E-state index is 0. The number of hydrogen-bond acceptors (Lipinski definition) is 1. The molecule has 0 spiro atoms. The Morgan fingerprint density at radius 1 is 1.07 bits per heavy atom. The van der Waals surface area contributed by atoms with Crippen molar-refractivity contribution in [2.75, 3.05) is 19.6 Å². The third kappa shape index (κ3) is 4.45.